The van der Waals surface area contributed by atoms with E-state index in [9.17, 15) is 27.6 Å². The number of amides is 2. The van der Waals surface area contributed by atoms with Crippen LogP contribution in [-0.2, 0) is 14.4 Å². The molecule has 5 nitrogen and oxygen atoms in total. The molecule has 0 radical (unpaired) electrons. The Morgan fingerprint density at radius 2 is 1.76 bits per heavy atom. The van der Waals surface area contributed by atoms with Crippen molar-refractivity contribution >= 4 is 23.3 Å². The van der Waals surface area contributed by atoms with Gasteiger partial charge in [0, 0.05) is 18.4 Å². The first-order chi connectivity index (χ1) is 11.8. The number of halogens is 3. The molecule has 1 saturated heterocycles. The quantitative estimate of drug-likeness (QED) is 0.767. The highest BCUT2D eigenvalue weighted by Crippen LogP contribution is 2.52. The number of imide groups is 1. The molecule has 3 saturated carbocycles. The molecule has 0 aromatic heterocycles. The first-order valence-corrected chi connectivity index (χ1v) is 8.02. The number of rotatable bonds is 2. The number of Topliss-reactive ketones (excluding diaryl/α,β-unsaturated/α-hetero) is 1. The Hall–Kier alpha value is -2.38. The summed E-state index contributed by atoms with van der Waals surface area (Å²) in [6, 6.07) is 4.80. The van der Waals surface area contributed by atoms with Gasteiger partial charge in [0.15, 0.2) is 0 Å². The second-order valence-corrected chi connectivity index (χ2v) is 6.72. The maximum absolute atomic E-state index is 12.8. The molecular formula is C17H14F3NO4. The summed E-state index contributed by atoms with van der Waals surface area (Å²) in [5, 5.41) is 0. The molecule has 25 heavy (non-hydrogen) atoms. The fourth-order valence-electron chi connectivity index (χ4n) is 4.46. The van der Waals surface area contributed by atoms with Gasteiger partial charge >= 0.3 is 6.36 Å². The number of fused-ring (bicyclic) bond motifs is 2. The second-order valence-electron chi connectivity index (χ2n) is 6.72. The van der Waals surface area contributed by atoms with Crippen molar-refractivity contribution in [1.29, 1.82) is 0 Å². The lowest BCUT2D eigenvalue weighted by atomic mass is 9.59. The van der Waals surface area contributed by atoms with E-state index < -0.39 is 41.7 Å². The monoisotopic (exact) mass is 353 g/mol. The third-order valence-corrected chi connectivity index (χ3v) is 5.37. The van der Waals surface area contributed by atoms with Gasteiger partial charge in [-0.15, -0.1) is 13.2 Å². The summed E-state index contributed by atoms with van der Waals surface area (Å²) in [7, 11) is 0. The van der Waals surface area contributed by atoms with E-state index >= 15 is 0 Å². The number of ketones is 1. The van der Waals surface area contributed by atoms with Crippen LogP contribution in [0.2, 0.25) is 0 Å². The van der Waals surface area contributed by atoms with Gasteiger partial charge in [0.05, 0.1) is 17.5 Å². The predicted molar refractivity (Wildman–Crippen MR) is 78.4 cm³/mol. The normalized spacial score (nSPS) is 31.5. The van der Waals surface area contributed by atoms with E-state index in [0.717, 1.165) is 23.5 Å². The molecule has 4 unspecified atom stereocenters. The van der Waals surface area contributed by atoms with Crippen LogP contribution in [-0.4, -0.2) is 24.0 Å². The smallest absolute Gasteiger partial charge is 0.406 e. The molecule has 4 atom stereocenters. The Balaban J connectivity index is 1.68. The van der Waals surface area contributed by atoms with Gasteiger partial charge in [-0.25, -0.2) is 4.90 Å². The summed E-state index contributed by atoms with van der Waals surface area (Å²) in [6.45, 7) is 0. The maximum atomic E-state index is 12.8. The molecule has 0 spiro atoms. The number of ether oxygens (including phenoxy) is 1. The molecular weight excluding hydrogens is 339 g/mol. The summed E-state index contributed by atoms with van der Waals surface area (Å²) >= 11 is 0. The van der Waals surface area contributed by atoms with E-state index in [1.807, 2.05) is 0 Å². The molecule has 5 rings (SSSR count). The van der Waals surface area contributed by atoms with Crippen LogP contribution in [0.25, 0.3) is 0 Å². The van der Waals surface area contributed by atoms with Crippen molar-refractivity contribution in [1.82, 2.24) is 0 Å². The third-order valence-electron chi connectivity index (χ3n) is 5.37. The van der Waals surface area contributed by atoms with Crippen molar-refractivity contribution in [3.63, 3.8) is 0 Å². The molecule has 1 aromatic carbocycles. The Bertz CT molecular complexity index is 775. The van der Waals surface area contributed by atoms with E-state index in [4.69, 9.17) is 0 Å². The van der Waals surface area contributed by atoms with E-state index in [-0.39, 0.29) is 17.4 Å². The molecule has 132 valence electrons. The van der Waals surface area contributed by atoms with Crippen molar-refractivity contribution < 1.29 is 32.3 Å². The number of carbonyl (C=O) groups excluding carboxylic acids is 3. The molecule has 2 bridgehead atoms. The minimum Gasteiger partial charge on any atom is -0.406 e. The Morgan fingerprint density at radius 1 is 1.04 bits per heavy atom. The SMILES string of the molecule is O=C1CC2CCC1C1C(=O)N(c3cccc(OC(F)(F)F)c3)C(=O)C21. The Morgan fingerprint density at radius 3 is 2.44 bits per heavy atom. The van der Waals surface area contributed by atoms with Crippen LogP contribution >= 0.6 is 0 Å². The van der Waals surface area contributed by atoms with Crippen LogP contribution in [0.15, 0.2) is 24.3 Å². The molecule has 0 N–H and O–H groups in total. The standard InChI is InChI=1S/C17H14F3NO4/c18-17(19,20)25-10-3-1-2-9(7-10)21-15(23)13-8-4-5-11(12(22)6-8)14(13)16(21)24/h1-3,7-8,11,13-14H,4-6H2. The number of hydrogen-bond acceptors (Lipinski definition) is 4. The minimum atomic E-state index is -4.86. The lowest BCUT2D eigenvalue weighted by Crippen LogP contribution is -2.46. The highest BCUT2D eigenvalue weighted by molar-refractivity contribution is 6.23. The lowest BCUT2D eigenvalue weighted by Gasteiger charge is -2.41. The summed E-state index contributed by atoms with van der Waals surface area (Å²) in [4.78, 5) is 38.5. The van der Waals surface area contributed by atoms with E-state index in [0.29, 0.717) is 12.8 Å². The zero-order valence-electron chi connectivity index (χ0n) is 13.0. The zero-order chi connectivity index (χ0) is 17.9. The number of anilines is 1. The number of hydrogen-bond donors (Lipinski definition) is 0. The van der Waals surface area contributed by atoms with Crippen LogP contribution in [0.3, 0.4) is 0 Å². The first kappa shape index (κ1) is 16.1. The van der Waals surface area contributed by atoms with Crippen molar-refractivity contribution in [2.75, 3.05) is 4.90 Å². The average molecular weight is 353 g/mol. The minimum absolute atomic E-state index is 0.00894. The van der Waals surface area contributed by atoms with Crippen LogP contribution in [0.4, 0.5) is 18.9 Å². The molecule has 1 aromatic rings. The number of nitrogens with zero attached hydrogens (tertiary/aromatic N) is 1. The molecule has 4 fully saturated rings. The van der Waals surface area contributed by atoms with Gasteiger partial charge < -0.3 is 4.74 Å². The molecule has 8 heteroatoms. The van der Waals surface area contributed by atoms with Crippen LogP contribution in [0, 0.1) is 23.7 Å². The topological polar surface area (TPSA) is 63.7 Å². The highest BCUT2D eigenvalue weighted by atomic mass is 19.4. The number of alkyl halides is 3. The molecule has 1 aliphatic heterocycles. The summed E-state index contributed by atoms with van der Waals surface area (Å²) < 4.78 is 41.0. The van der Waals surface area contributed by atoms with Gasteiger partial charge in [0.25, 0.3) is 0 Å². The van der Waals surface area contributed by atoms with Gasteiger partial charge in [-0.05, 0) is 30.9 Å². The maximum Gasteiger partial charge on any atom is 0.573 e. The van der Waals surface area contributed by atoms with Crippen LogP contribution in [0.1, 0.15) is 19.3 Å². The summed E-state index contributed by atoms with van der Waals surface area (Å²) in [5.41, 5.74) is 0.0398. The molecule has 1 heterocycles. The summed E-state index contributed by atoms with van der Waals surface area (Å²) in [5.74, 6) is -3.25. The van der Waals surface area contributed by atoms with Crippen LogP contribution in [0.5, 0.6) is 5.75 Å². The Labute approximate surface area is 140 Å². The number of carbonyl (C=O) groups is 3. The molecule has 3 aliphatic carbocycles. The van der Waals surface area contributed by atoms with Crippen molar-refractivity contribution in [2.45, 2.75) is 25.6 Å². The third kappa shape index (κ3) is 2.51. The van der Waals surface area contributed by atoms with E-state index in [1.165, 1.54) is 12.1 Å². The van der Waals surface area contributed by atoms with E-state index in [1.54, 1.807) is 0 Å². The van der Waals surface area contributed by atoms with Gasteiger partial charge in [0.1, 0.15) is 11.5 Å². The number of benzene rings is 1. The fraction of sp³-hybridized carbons (Fsp3) is 0.471. The van der Waals surface area contributed by atoms with Gasteiger partial charge in [-0.2, -0.15) is 0 Å². The zero-order valence-corrected chi connectivity index (χ0v) is 13.0. The van der Waals surface area contributed by atoms with E-state index in [2.05, 4.69) is 4.74 Å². The first-order valence-electron chi connectivity index (χ1n) is 8.02. The van der Waals surface area contributed by atoms with Crippen molar-refractivity contribution in [3.8, 4) is 5.75 Å². The van der Waals surface area contributed by atoms with Crippen LogP contribution < -0.4 is 9.64 Å². The van der Waals surface area contributed by atoms with Crippen molar-refractivity contribution in [3.05, 3.63) is 24.3 Å². The Kier molecular flexibility index (Phi) is 3.42. The molecule has 4 aliphatic rings. The largest absolute Gasteiger partial charge is 0.573 e. The van der Waals surface area contributed by atoms with Gasteiger partial charge in [0.2, 0.25) is 11.8 Å². The molecule has 2 amide bonds. The summed E-state index contributed by atoms with van der Waals surface area (Å²) in [6.07, 6.45) is -3.25. The highest BCUT2D eigenvalue weighted by Gasteiger charge is 2.61. The predicted octanol–water partition coefficient (Wildman–Crippen LogP) is 2.69. The average Bonchev–Trinajstić information content (AvgIpc) is 2.79. The fourth-order valence-corrected chi connectivity index (χ4v) is 4.46. The van der Waals surface area contributed by atoms with Gasteiger partial charge in [-0.1, -0.05) is 6.07 Å². The van der Waals surface area contributed by atoms with Gasteiger partial charge in [-0.3, -0.25) is 14.4 Å². The van der Waals surface area contributed by atoms with Crippen molar-refractivity contribution in [2.24, 2.45) is 23.7 Å². The lowest BCUT2D eigenvalue weighted by molar-refractivity contribution is -0.274. The second kappa shape index (κ2) is 5.31.